The first kappa shape index (κ1) is 13.6. The molecular formula is C17H13FN4O. The van der Waals surface area contributed by atoms with Crippen molar-refractivity contribution in [3.63, 3.8) is 0 Å². The second-order valence-corrected chi connectivity index (χ2v) is 5.32. The summed E-state index contributed by atoms with van der Waals surface area (Å²) in [6.45, 7) is 1.93. The summed E-state index contributed by atoms with van der Waals surface area (Å²) >= 11 is 0. The molecule has 0 atom stereocenters. The molecule has 3 aromatic heterocycles. The van der Waals surface area contributed by atoms with Gasteiger partial charge in [-0.3, -0.25) is 4.98 Å². The van der Waals surface area contributed by atoms with Gasteiger partial charge in [0.15, 0.2) is 5.65 Å². The maximum absolute atomic E-state index is 14.6. The lowest BCUT2D eigenvalue weighted by Gasteiger charge is -2.08. The molecule has 0 aliphatic rings. The normalized spacial score (nSPS) is 11.3. The summed E-state index contributed by atoms with van der Waals surface area (Å²) in [6.07, 6.45) is 6.44. The first-order valence-electron chi connectivity index (χ1n) is 7.10. The fourth-order valence-corrected chi connectivity index (χ4v) is 2.69. The average molecular weight is 308 g/mol. The number of aryl methyl sites for hydroxylation is 1. The number of halogens is 1. The molecule has 0 aliphatic heterocycles. The van der Waals surface area contributed by atoms with E-state index in [0.717, 1.165) is 5.56 Å². The Bertz CT molecular complexity index is 1040. The molecule has 23 heavy (non-hydrogen) atoms. The van der Waals surface area contributed by atoms with E-state index in [-0.39, 0.29) is 0 Å². The molecule has 0 unspecified atom stereocenters. The topological polar surface area (TPSA) is 52.3 Å². The van der Waals surface area contributed by atoms with Gasteiger partial charge >= 0.3 is 0 Å². The van der Waals surface area contributed by atoms with E-state index in [0.29, 0.717) is 33.4 Å². The highest BCUT2D eigenvalue weighted by molar-refractivity contribution is 5.98. The van der Waals surface area contributed by atoms with Crippen LogP contribution in [-0.4, -0.2) is 26.7 Å². The van der Waals surface area contributed by atoms with E-state index in [1.807, 2.05) is 13.1 Å². The van der Waals surface area contributed by atoms with Crippen molar-refractivity contribution >= 4 is 16.6 Å². The van der Waals surface area contributed by atoms with E-state index >= 15 is 0 Å². The lowest BCUT2D eigenvalue weighted by Crippen LogP contribution is -1.94. The van der Waals surface area contributed by atoms with Crippen molar-refractivity contribution < 1.29 is 9.13 Å². The van der Waals surface area contributed by atoms with E-state index in [1.54, 1.807) is 42.2 Å². The quantitative estimate of drug-likeness (QED) is 0.569. The summed E-state index contributed by atoms with van der Waals surface area (Å²) in [5, 5.41) is 4.95. The van der Waals surface area contributed by atoms with Gasteiger partial charge in [-0.1, -0.05) is 0 Å². The van der Waals surface area contributed by atoms with Crippen molar-refractivity contribution in [1.82, 2.24) is 19.6 Å². The molecule has 0 bridgehead atoms. The highest BCUT2D eigenvalue weighted by Crippen LogP contribution is 2.34. The van der Waals surface area contributed by atoms with Gasteiger partial charge in [0.25, 0.3) is 0 Å². The number of pyridine rings is 1. The Morgan fingerprint density at radius 1 is 1.13 bits per heavy atom. The van der Waals surface area contributed by atoms with Gasteiger partial charge in [-0.05, 0) is 30.7 Å². The summed E-state index contributed by atoms with van der Waals surface area (Å²) < 4.78 is 21.5. The molecule has 4 aromatic rings. The summed E-state index contributed by atoms with van der Waals surface area (Å²) in [4.78, 5) is 8.53. The Labute approximate surface area is 131 Å². The Hall–Kier alpha value is -3.02. The Balaban J connectivity index is 2.08. The largest absolute Gasteiger partial charge is 0.497 e. The Kier molecular flexibility index (Phi) is 2.97. The van der Waals surface area contributed by atoms with Crippen LogP contribution in [0, 0.1) is 12.7 Å². The van der Waals surface area contributed by atoms with Crippen molar-refractivity contribution in [2.24, 2.45) is 0 Å². The van der Waals surface area contributed by atoms with Gasteiger partial charge in [0.2, 0.25) is 0 Å². The molecule has 4 rings (SSSR count). The van der Waals surface area contributed by atoms with E-state index in [4.69, 9.17) is 4.74 Å². The first-order chi connectivity index (χ1) is 11.2. The number of fused-ring (bicyclic) bond motifs is 2. The SMILES string of the molecule is COc1ccc2ncc(F)c(-c3cnn4cc(C)cnc34)c2c1. The highest BCUT2D eigenvalue weighted by Gasteiger charge is 2.17. The van der Waals surface area contributed by atoms with Gasteiger partial charge in [-0.2, -0.15) is 5.10 Å². The van der Waals surface area contributed by atoms with Crippen LogP contribution in [0.2, 0.25) is 0 Å². The molecule has 3 heterocycles. The molecule has 5 nitrogen and oxygen atoms in total. The first-order valence-corrected chi connectivity index (χ1v) is 7.10. The lowest BCUT2D eigenvalue weighted by molar-refractivity contribution is 0.415. The molecule has 0 spiro atoms. The number of hydrogen-bond acceptors (Lipinski definition) is 4. The summed E-state index contributed by atoms with van der Waals surface area (Å²) in [5.41, 5.74) is 3.33. The minimum absolute atomic E-state index is 0.414. The minimum atomic E-state index is -0.414. The number of benzene rings is 1. The smallest absolute Gasteiger partial charge is 0.162 e. The predicted octanol–water partition coefficient (Wildman–Crippen LogP) is 3.40. The van der Waals surface area contributed by atoms with Crippen molar-refractivity contribution in [2.75, 3.05) is 7.11 Å². The molecular weight excluding hydrogens is 295 g/mol. The molecule has 0 saturated carbocycles. The number of aromatic nitrogens is 4. The number of hydrogen-bond donors (Lipinski definition) is 0. The van der Waals surface area contributed by atoms with Crippen LogP contribution in [-0.2, 0) is 0 Å². The Morgan fingerprint density at radius 3 is 2.83 bits per heavy atom. The third-order valence-electron chi connectivity index (χ3n) is 3.78. The number of ether oxygens (including phenoxy) is 1. The van der Waals surface area contributed by atoms with Crippen LogP contribution in [0.4, 0.5) is 4.39 Å². The maximum atomic E-state index is 14.6. The van der Waals surface area contributed by atoms with Crippen molar-refractivity contribution in [3.8, 4) is 16.9 Å². The zero-order chi connectivity index (χ0) is 16.0. The average Bonchev–Trinajstić information content (AvgIpc) is 2.96. The molecule has 1 aromatic carbocycles. The van der Waals surface area contributed by atoms with Crippen LogP contribution < -0.4 is 4.74 Å². The molecule has 0 fully saturated rings. The standard InChI is InChI=1S/C17H13FN4O/c1-10-6-20-17-13(7-21-22(17)9-10)16-12-5-11(23-2)3-4-15(12)19-8-14(16)18/h3-9H,1-2H3. The third kappa shape index (κ3) is 2.11. The van der Waals surface area contributed by atoms with Crippen LogP contribution in [0.25, 0.3) is 27.7 Å². The van der Waals surface area contributed by atoms with Gasteiger partial charge in [0, 0.05) is 23.3 Å². The van der Waals surface area contributed by atoms with Crippen molar-refractivity contribution in [3.05, 3.63) is 54.4 Å². The maximum Gasteiger partial charge on any atom is 0.162 e. The summed E-state index contributed by atoms with van der Waals surface area (Å²) in [6, 6.07) is 5.38. The van der Waals surface area contributed by atoms with E-state index in [1.165, 1.54) is 6.20 Å². The van der Waals surface area contributed by atoms with Crippen LogP contribution in [0.3, 0.4) is 0 Å². The van der Waals surface area contributed by atoms with Crippen LogP contribution in [0.1, 0.15) is 5.56 Å². The van der Waals surface area contributed by atoms with E-state index < -0.39 is 5.82 Å². The van der Waals surface area contributed by atoms with Gasteiger partial charge in [0.1, 0.15) is 11.6 Å². The van der Waals surface area contributed by atoms with Crippen molar-refractivity contribution in [2.45, 2.75) is 6.92 Å². The van der Waals surface area contributed by atoms with Crippen LogP contribution in [0.5, 0.6) is 5.75 Å². The fraction of sp³-hybridized carbons (Fsp3) is 0.118. The molecule has 0 aliphatic carbocycles. The van der Waals surface area contributed by atoms with Crippen LogP contribution >= 0.6 is 0 Å². The molecule has 0 radical (unpaired) electrons. The van der Waals surface area contributed by atoms with Gasteiger partial charge in [-0.25, -0.2) is 13.9 Å². The van der Waals surface area contributed by atoms with Gasteiger partial charge < -0.3 is 4.74 Å². The van der Waals surface area contributed by atoms with Crippen LogP contribution in [0.15, 0.2) is 43.0 Å². The molecule has 0 saturated heterocycles. The van der Waals surface area contributed by atoms with Crippen molar-refractivity contribution in [1.29, 1.82) is 0 Å². The molecule has 114 valence electrons. The third-order valence-corrected chi connectivity index (χ3v) is 3.78. The zero-order valence-corrected chi connectivity index (χ0v) is 12.6. The number of nitrogens with zero attached hydrogens (tertiary/aromatic N) is 4. The predicted molar refractivity (Wildman–Crippen MR) is 85.0 cm³/mol. The van der Waals surface area contributed by atoms with Gasteiger partial charge in [-0.15, -0.1) is 0 Å². The Morgan fingerprint density at radius 2 is 2.00 bits per heavy atom. The fourth-order valence-electron chi connectivity index (χ4n) is 2.69. The highest BCUT2D eigenvalue weighted by atomic mass is 19.1. The molecule has 0 amide bonds. The minimum Gasteiger partial charge on any atom is -0.497 e. The number of methoxy groups -OCH3 is 1. The summed E-state index contributed by atoms with van der Waals surface area (Å²) in [7, 11) is 1.58. The molecule has 6 heteroatoms. The summed E-state index contributed by atoms with van der Waals surface area (Å²) in [5.74, 6) is 0.231. The number of rotatable bonds is 2. The molecule has 0 N–H and O–H groups in total. The second-order valence-electron chi connectivity index (χ2n) is 5.32. The lowest BCUT2D eigenvalue weighted by atomic mass is 10.0. The van der Waals surface area contributed by atoms with E-state index in [2.05, 4.69) is 15.1 Å². The monoisotopic (exact) mass is 308 g/mol. The van der Waals surface area contributed by atoms with E-state index in [9.17, 15) is 4.39 Å². The second kappa shape index (κ2) is 5.01. The zero-order valence-electron chi connectivity index (χ0n) is 12.6. The van der Waals surface area contributed by atoms with Gasteiger partial charge in [0.05, 0.1) is 30.6 Å².